The van der Waals surface area contributed by atoms with E-state index < -0.39 is 9.84 Å². The molecule has 27 heavy (non-hydrogen) atoms. The van der Waals surface area contributed by atoms with Crippen LogP contribution in [-0.4, -0.2) is 46.5 Å². The Morgan fingerprint density at radius 2 is 1.93 bits per heavy atom. The molecule has 1 saturated carbocycles. The number of imidazole rings is 1. The Morgan fingerprint density at radius 1 is 1.19 bits per heavy atom. The smallest absolute Gasteiger partial charge is 0.181 e. The summed E-state index contributed by atoms with van der Waals surface area (Å²) in [6, 6.07) is 11.0. The fraction of sp³-hybridized carbons (Fsp3) is 0.550. The predicted octanol–water partition coefficient (Wildman–Crippen LogP) is 3.88. The maximum absolute atomic E-state index is 12.0. The molecular weight excluding hydrogens is 378 g/mol. The van der Waals surface area contributed by atoms with Gasteiger partial charge in [-0.2, -0.15) is 0 Å². The van der Waals surface area contributed by atoms with E-state index >= 15 is 0 Å². The lowest BCUT2D eigenvalue weighted by Gasteiger charge is -2.27. The maximum Gasteiger partial charge on any atom is 0.181 e. The van der Waals surface area contributed by atoms with Crippen LogP contribution in [0.5, 0.6) is 0 Å². The van der Waals surface area contributed by atoms with Gasteiger partial charge in [0.15, 0.2) is 14.6 Å². The second-order valence-corrected chi connectivity index (χ2v) is 10.3. The molecule has 1 aliphatic heterocycles. The zero-order chi connectivity index (χ0) is 19.0. The van der Waals surface area contributed by atoms with Crippen LogP contribution in [0.25, 0.3) is 11.3 Å². The van der Waals surface area contributed by atoms with Crippen LogP contribution in [0.1, 0.15) is 38.6 Å². The standard InChI is InChI=1S/C20H27N3O2S2/c1-2-11-21(18-10-12-27(24,25)14-18)15-22-13-19(16-6-4-3-5-7-16)23(20(22)26)17-8-9-17/h3-7,13,17-18H,2,8-12,14-15H2,1H3. The van der Waals surface area contributed by atoms with Crippen molar-refractivity contribution in [2.24, 2.45) is 0 Å². The average molecular weight is 406 g/mol. The summed E-state index contributed by atoms with van der Waals surface area (Å²) in [7, 11) is -2.89. The molecule has 4 rings (SSSR count). The van der Waals surface area contributed by atoms with Gasteiger partial charge < -0.3 is 9.13 Å². The molecule has 1 unspecified atom stereocenters. The first-order valence-electron chi connectivity index (χ1n) is 9.80. The molecule has 1 aromatic heterocycles. The second-order valence-electron chi connectivity index (χ2n) is 7.74. The third-order valence-corrected chi connectivity index (χ3v) is 7.72. The van der Waals surface area contributed by atoms with Gasteiger partial charge >= 0.3 is 0 Å². The molecule has 2 aromatic rings. The van der Waals surface area contributed by atoms with Crippen molar-refractivity contribution in [3.05, 3.63) is 41.3 Å². The lowest BCUT2D eigenvalue weighted by Crippen LogP contribution is -2.38. The number of hydrogen-bond acceptors (Lipinski definition) is 4. The summed E-state index contributed by atoms with van der Waals surface area (Å²) < 4.78 is 29.2. The third kappa shape index (κ3) is 4.05. The minimum Gasteiger partial charge on any atom is -0.314 e. The van der Waals surface area contributed by atoms with E-state index in [0.717, 1.165) is 24.2 Å². The van der Waals surface area contributed by atoms with Crippen molar-refractivity contribution in [2.45, 2.75) is 51.4 Å². The molecule has 2 heterocycles. The number of aromatic nitrogens is 2. The summed E-state index contributed by atoms with van der Waals surface area (Å²) in [4.78, 5) is 2.30. The van der Waals surface area contributed by atoms with Gasteiger partial charge in [-0.15, -0.1) is 0 Å². The Hall–Kier alpha value is -1.44. The van der Waals surface area contributed by atoms with Gasteiger partial charge in [-0.25, -0.2) is 8.42 Å². The zero-order valence-corrected chi connectivity index (χ0v) is 17.4. The molecular formula is C20H27N3O2S2. The van der Waals surface area contributed by atoms with E-state index in [1.54, 1.807) is 0 Å². The molecule has 1 saturated heterocycles. The zero-order valence-electron chi connectivity index (χ0n) is 15.8. The fourth-order valence-corrected chi connectivity index (χ4v) is 6.15. The van der Waals surface area contributed by atoms with Gasteiger partial charge in [0, 0.05) is 18.3 Å². The molecule has 1 aliphatic carbocycles. The Bertz CT molecular complexity index is 959. The molecule has 1 atom stereocenters. The molecule has 0 radical (unpaired) electrons. The number of rotatable bonds is 7. The van der Waals surface area contributed by atoms with Gasteiger partial charge in [0.05, 0.1) is 23.9 Å². The minimum atomic E-state index is -2.89. The number of hydrogen-bond donors (Lipinski definition) is 0. The highest BCUT2D eigenvalue weighted by Gasteiger charge is 2.33. The summed E-state index contributed by atoms with van der Waals surface area (Å²) >= 11 is 5.83. The van der Waals surface area contributed by atoms with E-state index in [2.05, 4.69) is 51.4 Å². The van der Waals surface area contributed by atoms with Crippen molar-refractivity contribution in [3.63, 3.8) is 0 Å². The molecule has 2 aliphatic rings. The van der Waals surface area contributed by atoms with E-state index in [1.165, 1.54) is 24.1 Å². The third-order valence-electron chi connectivity index (χ3n) is 5.54. The largest absolute Gasteiger partial charge is 0.314 e. The highest BCUT2D eigenvalue weighted by atomic mass is 32.2. The first-order valence-corrected chi connectivity index (χ1v) is 12.0. The Kier molecular flexibility index (Phi) is 5.27. The van der Waals surface area contributed by atoms with Crippen molar-refractivity contribution in [3.8, 4) is 11.3 Å². The van der Waals surface area contributed by atoms with Crippen LogP contribution in [0, 0.1) is 4.77 Å². The van der Waals surface area contributed by atoms with Crippen LogP contribution in [0.3, 0.4) is 0 Å². The lowest BCUT2D eigenvalue weighted by atomic mass is 10.2. The van der Waals surface area contributed by atoms with Gasteiger partial charge in [-0.1, -0.05) is 37.3 Å². The van der Waals surface area contributed by atoms with Crippen molar-refractivity contribution in [1.82, 2.24) is 14.0 Å². The van der Waals surface area contributed by atoms with Crippen LogP contribution in [-0.2, 0) is 16.5 Å². The quantitative estimate of drug-likeness (QED) is 0.656. The van der Waals surface area contributed by atoms with Gasteiger partial charge in [0.1, 0.15) is 0 Å². The molecule has 5 nitrogen and oxygen atoms in total. The molecule has 0 bridgehead atoms. The van der Waals surface area contributed by atoms with Crippen LogP contribution >= 0.6 is 12.2 Å². The SMILES string of the molecule is CCCN(Cn1cc(-c2ccccc2)n(C2CC2)c1=S)C1CCS(=O)(=O)C1. The van der Waals surface area contributed by atoms with Crippen molar-refractivity contribution < 1.29 is 8.42 Å². The average Bonchev–Trinajstić information content (AvgIpc) is 3.35. The molecule has 0 N–H and O–H groups in total. The summed E-state index contributed by atoms with van der Waals surface area (Å²) in [5.41, 5.74) is 2.35. The van der Waals surface area contributed by atoms with E-state index in [4.69, 9.17) is 12.2 Å². The summed E-state index contributed by atoms with van der Waals surface area (Å²) in [6.45, 7) is 3.68. The molecule has 0 amide bonds. The number of benzene rings is 1. The predicted molar refractivity (Wildman–Crippen MR) is 111 cm³/mol. The minimum absolute atomic E-state index is 0.0984. The topological polar surface area (TPSA) is 47.2 Å². The molecule has 2 fully saturated rings. The van der Waals surface area contributed by atoms with Gasteiger partial charge in [0.25, 0.3) is 0 Å². The summed E-state index contributed by atoms with van der Waals surface area (Å²) in [5.74, 6) is 0.580. The van der Waals surface area contributed by atoms with Crippen molar-refractivity contribution >= 4 is 22.1 Å². The fourth-order valence-electron chi connectivity index (χ4n) is 4.03. The van der Waals surface area contributed by atoms with Gasteiger partial charge in [0.2, 0.25) is 0 Å². The summed E-state index contributed by atoms with van der Waals surface area (Å²) in [6.07, 6.45) is 6.24. The maximum atomic E-state index is 12.0. The Balaban J connectivity index is 1.66. The highest BCUT2D eigenvalue weighted by Crippen LogP contribution is 2.39. The first kappa shape index (κ1) is 18.9. The van der Waals surface area contributed by atoms with Crippen LogP contribution < -0.4 is 0 Å². The lowest BCUT2D eigenvalue weighted by molar-refractivity contribution is 0.163. The van der Waals surface area contributed by atoms with Gasteiger partial charge in [-0.3, -0.25) is 4.90 Å². The first-order chi connectivity index (χ1) is 13.0. The van der Waals surface area contributed by atoms with E-state index in [1.807, 2.05) is 6.07 Å². The summed E-state index contributed by atoms with van der Waals surface area (Å²) in [5, 5.41) is 0. The van der Waals surface area contributed by atoms with Crippen LogP contribution in [0.2, 0.25) is 0 Å². The molecule has 0 spiro atoms. The van der Waals surface area contributed by atoms with E-state index in [0.29, 0.717) is 18.5 Å². The van der Waals surface area contributed by atoms with Crippen molar-refractivity contribution in [1.29, 1.82) is 0 Å². The number of nitrogens with zero attached hydrogens (tertiary/aromatic N) is 3. The van der Waals surface area contributed by atoms with E-state index in [-0.39, 0.29) is 11.8 Å². The molecule has 146 valence electrons. The molecule has 7 heteroatoms. The Morgan fingerprint density at radius 3 is 2.52 bits per heavy atom. The molecule has 1 aromatic carbocycles. The van der Waals surface area contributed by atoms with Crippen LogP contribution in [0.4, 0.5) is 0 Å². The Labute approximate surface area is 166 Å². The monoisotopic (exact) mass is 405 g/mol. The normalized spacial score (nSPS) is 21.8. The number of sulfone groups is 1. The second kappa shape index (κ2) is 7.53. The van der Waals surface area contributed by atoms with Gasteiger partial charge in [-0.05, 0) is 50.0 Å². The van der Waals surface area contributed by atoms with E-state index in [9.17, 15) is 8.42 Å². The van der Waals surface area contributed by atoms with Crippen LogP contribution in [0.15, 0.2) is 36.5 Å². The van der Waals surface area contributed by atoms with Crippen molar-refractivity contribution in [2.75, 3.05) is 18.1 Å². The highest BCUT2D eigenvalue weighted by molar-refractivity contribution is 7.91.